The van der Waals surface area contributed by atoms with E-state index < -0.39 is 0 Å². The normalized spacial score (nSPS) is 14.6. The Balaban J connectivity index is 1.45. The highest BCUT2D eigenvalue weighted by atomic mass is 19.1. The number of unbranched alkanes of at least 4 members (excludes halogenated alkanes) is 1. The van der Waals surface area contributed by atoms with Gasteiger partial charge in [0.15, 0.2) is 6.54 Å². The van der Waals surface area contributed by atoms with Crippen molar-refractivity contribution in [3.63, 3.8) is 0 Å². The number of amides is 2. The van der Waals surface area contributed by atoms with Gasteiger partial charge in [-0.3, -0.25) is 9.59 Å². The molecule has 6 heteroatoms. The minimum atomic E-state index is -0.329. The summed E-state index contributed by atoms with van der Waals surface area (Å²) >= 11 is 0. The van der Waals surface area contributed by atoms with Crippen LogP contribution in [0.4, 0.5) is 10.1 Å². The smallest absolute Gasteiger partial charge is 0.279 e. The number of anilines is 1. The first-order valence-corrected chi connectivity index (χ1v) is 10.3. The van der Waals surface area contributed by atoms with Crippen LogP contribution in [0.1, 0.15) is 35.7 Å². The van der Waals surface area contributed by atoms with Gasteiger partial charge in [-0.05, 0) is 54.8 Å². The summed E-state index contributed by atoms with van der Waals surface area (Å²) in [4.78, 5) is 27.9. The number of carbonyl (C=O) groups excluding carboxylic acids is 2. The Bertz CT molecular complexity index is 813. The van der Waals surface area contributed by atoms with Crippen molar-refractivity contribution in [2.45, 2.75) is 26.2 Å². The minimum Gasteiger partial charge on any atom is -0.327 e. The first-order chi connectivity index (χ1) is 14.0. The molecule has 29 heavy (non-hydrogen) atoms. The van der Waals surface area contributed by atoms with Crippen LogP contribution in [0.3, 0.4) is 0 Å². The predicted molar refractivity (Wildman–Crippen MR) is 112 cm³/mol. The second-order valence-corrected chi connectivity index (χ2v) is 7.57. The lowest BCUT2D eigenvalue weighted by Crippen LogP contribution is -3.15. The standard InChI is InChI=1S/C23H28FN3O2/c1-2-3-4-18-5-7-19(8-6-18)23(29)27-15-13-26(14-16-27)17-22(28)25-21-11-9-20(24)10-12-21/h5-12H,2-4,13-17H2,1H3,(H,25,28)/p+1. The Morgan fingerprint density at radius 2 is 1.69 bits per heavy atom. The molecule has 3 rings (SSSR count). The molecular formula is C23H29FN3O2+. The summed E-state index contributed by atoms with van der Waals surface area (Å²) in [6.45, 7) is 5.25. The summed E-state index contributed by atoms with van der Waals surface area (Å²) in [6.07, 6.45) is 3.37. The lowest BCUT2D eigenvalue weighted by molar-refractivity contribution is -0.895. The lowest BCUT2D eigenvalue weighted by atomic mass is 10.1. The van der Waals surface area contributed by atoms with E-state index in [0.29, 0.717) is 25.3 Å². The molecule has 5 nitrogen and oxygen atoms in total. The predicted octanol–water partition coefficient (Wildman–Crippen LogP) is 2.15. The van der Waals surface area contributed by atoms with E-state index in [4.69, 9.17) is 0 Å². The molecule has 0 spiro atoms. The summed E-state index contributed by atoms with van der Waals surface area (Å²) in [5.41, 5.74) is 2.58. The molecule has 2 N–H and O–H groups in total. The second-order valence-electron chi connectivity index (χ2n) is 7.57. The van der Waals surface area contributed by atoms with Gasteiger partial charge in [-0.1, -0.05) is 25.5 Å². The van der Waals surface area contributed by atoms with Crippen molar-refractivity contribution in [2.24, 2.45) is 0 Å². The van der Waals surface area contributed by atoms with Crippen molar-refractivity contribution in [2.75, 3.05) is 38.0 Å². The van der Waals surface area contributed by atoms with Gasteiger partial charge in [0, 0.05) is 11.3 Å². The molecule has 2 aromatic rings. The van der Waals surface area contributed by atoms with E-state index in [-0.39, 0.29) is 17.6 Å². The van der Waals surface area contributed by atoms with Crippen LogP contribution in [-0.2, 0) is 11.2 Å². The number of benzene rings is 2. The lowest BCUT2D eigenvalue weighted by Gasteiger charge is -2.32. The van der Waals surface area contributed by atoms with Gasteiger partial charge in [0.25, 0.3) is 11.8 Å². The zero-order valence-corrected chi connectivity index (χ0v) is 16.9. The Labute approximate surface area is 171 Å². The molecule has 0 saturated carbocycles. The van der Waals surface area contributed by atoms with E-state index >= 15 is 0 Å². The molecule has 2 aromatic carbocycles. The third-order valence-corrected chi connectivity index (χ3v) is 5.32. The van der Waals surface area contributed by atoms with Gasteiger partial charge in [0.2, 0.25) is 0 Å². The molecule has 0 aromatic heterocycles. The van der Waals surface area contributed by atoms with E-state index in [1.807, 2.05) is 29.2 Å². The topological polar surface area (TPSA) is 53.9 Å². The number of nitrogens with zero attached hydrogens (tertiary/aromatic N) is 1. The average Bonchev–Trinajstić information content (AvgIpc) is 2.74. The molecule has 1 saturated heterocycles. The largest absolute Gasteiger partial charge is 0.327 e. The van der Waals surface area contributed by atoms with Gasteiger partial charge < -0.3 is 15.1 Å². The summed E-state index contributed by atoms with van der Waals surface area (Å²) < 4.78 is 12.9. The van der Waals surface area contributed by atoms with Crippen LogP contribution in [0.25, 0.3) is 0 Å². The number of halogens is 1. The van der Waals surface area contributed by atoms with Crippen molar-refractivity contribution < 1.29 is 18.9 Å². The number of piperazine rings is 1. The molecule has 154 valence electrons. The molecule has 0 bridgehead atoms. The maximum atomic E-state index is 12.9. The van der Waals surface area contributed by atoms with Gasteiger partial charge in [0.1, 0.15) is 5.82 Å². The van der Waals surface area contributed by atoms with Crippen molar-refractivity contribution in [3.05, 3.63) is 65.5 Å². The van der Waals surface area contributed by atoms with Gasteiger partial charge in [-0.2, -0.15) is 0 Å². The van der Waals surface area contributed by atoms with Crippen molar-refractivity contribution in [1.29, 1.82) is 0 Å². The van der Waals surface area contributed by atoms with E-state index in [2.05, 4.69) is 12.2 Å². The molecular weight excluding hydrogens is 369 g/mol. The fourth-order valence-electron chi connectivity index (χ4n) is 3.55. The zero-order chi connectivity index (χ0) is 20.6. The highest BCUT2D eigenvalue weighted by Crippen LogP contribution is 2.11. The van der Waals surface area contributed by atoms with Gasteiger partial charge in [-0.25, -0.2) is 4.39 Å². The molecule has 1 fully saturated rings. The van der Waals surface area contributed by atoms with Crippen LogP contribution in [0, 0.1) is 5.82 Å². The average molecular weight is 399 g/mol. The van der Waals surface area contributed by atoms with Crippen molar-refractivity contribution in [3.8, 4) is 0 Å². The fraction of sp³-hybridized carbons (Fsp3) is 0.391. The second kappa shape index (κ2) is 10.2. The van der Waals surface area contributed by atoms with E-state index in [1.165, 1.54) is 17.7 Å². The van der Waals surface area contributed by atoms with E-state index in [0.717, 1.165) is 42.8 Å². The van der Waals surface area contributed by atoms with E-state index in [1.54, 1.807) is 12.1 Å². The van der Waals surface area contributed by atoms with Crippen LogP contribution < -0.4 is 10.2 Å². The number of hydrogen-bond donors (Lipinski definition) is 2. The van der Waals surface area contributed by atoms with Gasteiger partial charge in [0.05, 0.1) is 26.2 Å². The molecule has 0 radical (unpaired) electrons. The number of aryl methyl sites for hydroxylation is 1. The first kappa shape index (κ1) is 21.0. The SMILES string of the molecule is CCCCc1ccc(C(=O)N2CC[NH+](CC(=O)Nc3ccc(F)cc3)CC2)cc1. The van der Waals surface area contributed by atoms with Gasteiger partial charge in [-0.15, -0.1) is 0 Å². The van der Waals surface area contributed by atoms with Crippen LogP contribution in [0.5, 0.6) is 0 Å². The molecule has 0 aliphatic carbocycles. The number of carbonyl (C=O) groups is 2. The molecule has 1 aliphatic rings. The van der Waals surface area contributed by atoms with E-state index in [9.17, 15) is 14.0 Å². The molecule has 2 amide bonds. The highest BCUT2D eigenvalue weighted by molar-refractivity contribution is 5.94. The fourth-order valence-corrected chi connectivity index (χ4v) is 3.55. The first-order valence-electron chi connectivity index (χ1n) is 10.3. The third-order valence-electron chi connectivity index (χ3n) is 5.32. The number of rotatable bonds is 7. The van der Waals surface area contributed by atoms with Crippen LogP contribution in [0.2, 0.25) is 0 Å². The molecule has 1 heterocycles. The molecule has 0 atom stereocenters. The third kappa shape index (κ3) is 6.12. The van der Waals surface area contributed by atoms with Crippen LogP contribution in [0.15, 0.2) is 48.5 Å². The minimum absolute atomic E-state index is 0.0573. The van der Waals surface area contributed by atoms with Gasteiger partial charge >= 0.3 is 0 Å². The summed E-state index contributed by atoms with van der Waals surface area (Å²) in [5.74, 6) is -0.374. The zero-order valence-electron chi connectivity index (χ0n) is 16.9. The number of nitrogens with one attached hydrogen (secondary N) is 2. The Morgan fingerprint density at radius 3 is 2.31 bits per heavy atom. The maximum Gasteiger partial charge on any atom is 0.279 e. The summed E-state index contributed by atoms with van der Waals surface area (Å²) in [6, 6.07) is 13.7. The highest BCUT2D eigenvalue weighted by Gasteiger charge is 2.25. The van der Waals surface area contributed by atoms with Crippen LogP contribution >= 0.6 is 0 Å². The monoisotopic (exact) mass is 398 g/mol. The van der Waals surface area contributed by atoms with Crippen molar-refractivity contribution >= 4 is 17.5 Å². The summed E-state index contributed by atoms with van der Waals surface area (Å²) in [5, 5.41) is 2.79. The van der Waals surface area contributed by atoms with Crippen LogP contribution in [-0.4, -0.2) is 49.4 Å². The van der Waals surface area contributed by atoms with Crippen molar-refractivity contribution in [1.82, 2.24) is 4.90 Å². The Kier molecular flexibility index (Phi) is 7.36. The Hall–Kier alpha value is -2.73. The molecule has 1 aliphatic heterocycles. The molecule has 0 unspecified atom stereocenters. The summed E-state index contributed by atoms with van der Waals surface area (Å²) in [7, 11) is 0. The number of quaternary nitrogens is 1. The number of hydrogen-bond acceptors (Lipinski definition) is 2. The quantitative estimate of drug-likeness (QED) is 0.751. The maximum absolute atomic E-state index is 12.9. The Morgan fingerprint density at radius 1 is 1.03 bits per heavy atom.